The second-order valence-electron chi connectivity index (χ2n) is 7.84. The quantitative estimate of drug-likeness (QED) is 0.559. The highest BCUT2D eigenvalue weighted by Crippen LogP contribution is 2.29. The number of carboxylic acids is 1. The molecule has 2 N–H and O–H groups in total. The van der Waals surface area contributed by atoms with Gasteiger partial charge in [-0.15, -0.1) is 0 Å². The summed E-state index contributed by atoms with van der Waals surface area (Å²) < 4.78 is 27.7. The number of halogens is 2. The van der Waals surface area contributed by atoms with Gasteiger partial charge in [-0.2, -0.15) is 0 Å². The number of benzene rings is 3. The Morgan fingerprint density at radius 1 is 0.909 bits per heavy atom. The van der Waals surface area contributed by atoms with Crippen LogP contribution in [0.3, 0.4) is 0 Å². The lowest BCUT2D eigenvalue weighted by molar-refractivity contribution is -0.133. The molecular formula is C26H22F2N2O3. The van der Waals surface area contributed by atoms with Crippen molar-refractivity contribution in [3.63, 3.8) is 0 Å². The fraction of sp³-hybridized carbons (Fsp3) is 0.154. The molecule has 1 heterocycles. The van der Waals surface area contributed by atoms with Gasteiger partial charge in [0, 0.05) is 25.3 Å². The van der Waals surface area contributed by atoms with Crippen molar-refractivity contribution in [1.29, 1.82) is 0 Å². The van der Waals surface area contributed by atoms with Crippen LogP contribution in [0, 0.1) is 11.6 Å². The van der Waals surface area contributed by atoms with Crippen molar-refractivity contribution in [2.75, 3.05) is 18.4 Å². The van der Waals surface area contributed by atoms with Crippen molar-refractivity contribution in [2.45, 2.75) is 13.0 Å². The van der Waals surface area contributed by atoms with E-state index in [2.05, 4.69) is 10.2 Å². The third kappa shape index (κ3) is 5.15. The van der Waals surface area contributed by atoms with Gasteiger partial charge in [0.1, 0.15) is 17.2 Å². The van der Waals surface area contributed by atoms with Gasteiger partial charge in [0.15, 0.2) is 0 Å². The number of nitrogens with zero attached hydrogens (tertiary/aromatic N) is 1. The zero-order chi connectivity index (χ0) is 23.4. The van der Waals surface area contributed by atoms with Crippen molar-refractivity contribution in [2.24, 2.45) is 0 Å². The van der Waals surface area contributed by atoms with Gasteiger partial charge < -0.3 is 10.4 Å². The molecule has 4 rings (SSSR count). The topological polar surface area (TPSA) is 69.6 Å². The highest BCUT2D eigenvalue weighted by Gasteiger charge is 2.25. The van der Waals surface area contributed by atoms with Crippen LogP contribution in [-0.4, -0.2) is 35.0 Å². The molecule has 0 spiro atoms. The van der Waals surface area contributed by atoms with E-state index in [-0.39, 0.29) is 0 Å². The van der Waals surface area contributed by atoms with E-state index in [1.807, 2.05) is 30.3 Å². The summed E-state index contributed by atoms with van der Waals surface area (Å²) >= 11 is 0. The Balaban J connectivity index is 1.50. The second kappa shape index (κ2) is 9.75. The van der Waals surface area contributed by atoms with Crippen LogP contribution in [-0.2, 0) is 11.3 Å². The third-order valence-electron chi connectivity index (χ3n) is 5.61. The highest BCUT2D eigenvalue weighted by molar-refractivity contribution is 6.04. The van der Waals surface area contributed by atoms with Crippen LogP contribution in [0.25, 0.3) is 5.57 Å². The fourth-order valence-electron chi connectivity index (χ4n) is 3.97. The first-order chi connectivity index (χ1) is 15.9. The van der Waals surface area contributed by atoms with Gasteiger partial charge in [-0.05, 0) is 47.4 Å². The van der Waals surface area contributed by atoms with Crippen molar-refractivity contribution < 1.29 is 23.5 Å². The molecule has 168 valence electrons. The average molecular weight is 448 g/mol. The molecule has 0 radical (unpaired) electrons. The lowest BCUT2D eigenvalue weighted by Crippen LogP contribution is -2.33. The van der Waals surface area contributed by atoms with Crippen molar-refractivity contribution >= 4 is 23.1 Å². The van der Waals surface area contributed by atoms with E-state index in [9.17, 15) is 23.5 Å². The van der Waals surface area contributed by atoms with Gasteiger partial charge in [0.25, 0.3) is 5.91 Å². The summed E-state index contributed by atoms with van der Waals surface area (Å²) in [5.74, 6) is -3.74. The Bertz CT molecular complexity index is 1190. The third-order valence-corrected chi connectivity index (χ3v) is 5.61. The van der Waals surface area contributed by atoms with Gasteiger partial charge in [-0.1, -0.05) is 48.5 Å². The largest absolute Gasteiger partial charge is 0.478 e. The van der Waals surface area contributed by atoms with Gasteiger partial charge in [-0.25, -0.2) is 13.6 Å². The number of hydrogen-bond acceptors (Lipinski definition) is 3. The number of nitrogens with one attached hydrogen (secondary N) is 1. The number of anilines is 1. The monoisotopic (exact) mass is 448 g/mol. The van der Waals surface area contributed by atoms with Crippen LogP contribution < -0.4 is 5.32 Å². The number of amides is 1. The van der Waals surface area contributed by atoms with Gasteiger partial charge in [-0.3, -0.25) is 9.69 Å². The molecule has 0 saturated heterocycles. The zero-order valence-corrected chi connectivity index (χ0v) is 17.7. The van der Waals surface area contributed by atoms with Gasteiger partial charge in [0.2, 0.25) is 0 Å². The zero-order valence-electron chi connectivity index (χ0n) is 17.7. The number of carbonyl (C=O) groups excluding carboxylic acids is 1. The summed E-state index contributed by atoms with van der Waals surface area (Å²) in [5, 5.41) is 12.3. The van der Waals surface area contributed by atoms with Crippen molar-refractivity contribution in [3.8, 4) is 0 Å². The molecule has 7 heteroatoms. The minimum absolute atomic E-state index is 0.324. The molecule has 5 nitrogen and oxygen atoms in total. The highest BCUT2D eigenvalue weighted by atomic mass is 19.1. The number of rotatable bonds is 6. The molecule has 1 aliphatic rings. The van der Waals surface area contributed by atoms with Crippen LogP contribution in [0.4, 0.5) is 14.5 Å². The molecule has 1 aliphatic heterocycles. The second-order valence-corrected chi connectivity index (χ2v) is 7.84. The molecule has 3 aromatic carbocycles. The number of hydrogen-bond donors (Lipinski definition) is 2. The van der Waals surface area contributed by atoms with E-state index in [0.29, 0.717) is 37.3 Å². The van der Waals surface area contributed by atoms with E-state index in [1.165, 1.54) is 6.07 Å². The smallest absolute Gasteiger partial charge is 0.333 e. The normalized spacial score (nSPS) is 14.2. The molecule has 0 saturated carbocycles. The Morgan fingerprint density at radius 3 is 2.21 bits per heavy atom. The van der Waals surface area contributed by atoms with Crippen LogP contribution in [0.5, 0.6) is 0 Å². The predicted octanol–water partition coefficient (Wildman–Crippen LogP) is 4.96. The number of carbonyl (C=O) groups is 2. The maximum Gasteiger partial charge on any atom is 0.333 e. The fourth-order valence-corrected chi connectivity index (χ4v) is 3.97. The van der Waals surface area contributed by atoms with Gasteiger partial charge in [0.05, 0.1) is 5.57 Å². The lowest BCUT2D eigenvalue weighted by Gasteiger charge is -2.29. The Hall–Kier alpha value is -3.84. The average Bonchev–Trinajstić information content (AvgIpc) is 2.80. The summed E-state index contributed by atoms with van der Waals surface area (Å²) in [7, 11) is 0. The molecule has 0 unspecified atom stereocenters. The van der Waals surface area contributed by atoms with Crippen molar-refractivity contribution in [1.82, 2.24) is 4.90 Å². The Morgan fingerprint density at radius 2 is 1.58 bits per heavy atom. The van der Waals surface area contributed by atoms with Crippen molar-refractivity contribution in [3.05, 3.63) is 107 Å². The van der Waals surface area contributed by atoms with Crippen LogP contribution >= 0.6 is 0 Å². The summed E-state index contributed by atoms with van der Waals surface area (Å²) in [5.41, 5.74) is 2.64. The van der Waals surface area contributed by atoms with E-state index in [4.69, 9.17) is 0 Å². The summed E-state index contributed by atoms with van der Waals surface area (Å²) in [6.07, 6.45) is 0.570. The Kier molecular flexibility index (Phi) is 6.60. The standard InChI is InChI=1S/C26H22F2N2O3/c27-22-7-4-8-23(28)24(22)25(31)29-19-11-9-18(10-12-19)20-13-14-30(16-21(20)26(32)33)15-17-5-2-1-3-6-17/h1-12H,13-16H2,(H,29,31)(H,32,33). The lowest BCUT2D eigenvalue weighted by atomic mass is 9.93. The molecule has 1 amide bonds. The summed E-state index contributed by atoms with van der Waals surface area (Å²) in [6.45, 7) is 1.71. The minimum atomic E-state index is -0.963. The summed E-state index contributed by atoms with van der Waals surface area (Å²) in [4.78, 5) is 26.3. The first-order valence-electron chi connectivity index (χ1n) is 10.5. The molecule has 0 atom stereocenters. The molecule has 0 bridgehead atoms. The number of aliphatic carboxylic acids is 1. The van der Waals surface area contributed by atoms with Gasteiger partial charge >= 0.3 is 5.97 Å². The maximum atomic E-state index is 13.8. The molecule has 3 aromatic rings. The van der Waals surface area contributed by atoms with Crippen LogP contribution in [0.1, 0.15) is 27.9 Å². The van der Waals surface area contributed by atoms with E-state index in [1.54, 1.807) is 24.3 Å². The van der Waals surface area contributed by atoms with E-state index >= 15 is 0 Å². The predicted molar refractivity (Wildman–Crippen MR) is 122 cm³/mol. The molecule has 0 aromatic heterocycles. The van der Waals surface area contributed by atoms with E-state index in [0.717, 1.165) is 28.8 Å². The number of carboxylic acid groups (broad SMARTS) is 1. The van der Waals surface area contributed by atoms with E-state index < -0.39 is 29.1 Å². The van der Waals surface area contributed by atoms with Crippen LogP contribution in [0.2, 0.25) is 0 Å². The molecular weight excluding hydrogens is 426 g/mol. The molecule has 33 heavy (non-hydrogen) atoms. The van der Waals surface area contributed by atoms with Crippen LogP contribution in [0.15, 0.2) is 78.4 Å². The minimum Gasteiger partial charge on any atom is -0.478 e. The SMILES string of the molecule is O=C(O)C1=C(c2ccc(NC(=O)c3c(F)cccc3F)cc2)CCN(Cc2ccccc2)C1. The summed E-state index contributed by atoms with van der Waals surface area (Å²) in [6, 6.07) is 19.7. The first-order valence-corrected chi connectivity index (χ1v) is 10.5. The maximum absolute atomic E-state index is 13.8. The molecule has 0 aliphatic carbocycles. The first kappa shape index (κ1) is 22.4. The molecule has 0 fully saturated rings. The Labute approximate surface area is 190 Å².